The van der Waals surface area contributed by atoms with Crippen LogP contribution in [0.15, 0.2) is 91.0 Å². The van der Waals surface area contributed by atoms with Gasteiger partial charge < -0.3 is 10.1 Å². The molecule has 6 heteroatoms. The van der Waals surface area contributed by atoms with Crippen molar-refractivity contribution < 1.29 is 19.2 Å². The van der Waals surface area contributed by atoms with Gasteiger partial charge in [0.1, 0.15) is 12.6 Å². The maximum Gasteiger partial charge on any atom is 0.408 e. The van der Waals surface area contributed by atoms with Gasteiger partial charge in [0.25, 0.3) is 5.91 Å². The van der Waals surface area contributed by atoms with Crippen molar-refractivity contribution in [3.8, 4) is 0 Å². The molecule has 1 atom stereocenters. The van der Waals surface area contributed by atoms with Gasteiger partial charge in [0.15, 0.2) is 0 Å². The average Bonchev–Trinajstić information content (AvgIpc) is 2.79. The zero-order chi connectivity index (χ0) is 21.0. The van der Waals surface area contributed by atoms with Crippen molar-refractivity contribution in [2.24, 2.45) is 0 Å². The van der Waals surface area contributed by atoms with Crippen LogP contribution >= 0.6 is 0 Å². The Labute approximate surface area is 175 Å². The molecule has 3 rings (SSSR count). The van der Waals surface area contributed by atoms with Crippen LogP contribution in [0.3, 0.4) is 0 Å². The van der Waals surface area contributed by atoms with E-state index >= 15 is 0 Å². The molecule has 3 aromatic carbocycles. The molecule has 2 N–H and O–H groups in total. The minimum Gasteiger partial charge on any atom is -0.445 e. The molecule has 0 saturated carbocycles. The topological polar surface area (TPSA) is 76.7 Å². The smallest absolute Gasteiger partial charge is 0.408 e. The molecule has 0 unspecified atom stereocenters. The summed E-state index contributed by atoms with van der Waals surface area (Å²) in [5, 5.41) is 2.63. The van der Waals surface area contributed by atoms with E-state index in [1.54, 1.807) is 0 Å². The standard InChI is InChI=1S/C24H24N2O4/c27-23(26-30-18-21-14-8-3-9-15-21)22(16-19-10-4-1-5-11-19)25-24(28)29-17-20-12-6-2-7-13-20/h1-15,22H,16-18H2,(H,25,28)(H,26,27)/t22-/m0/s1. The Morgan fingerprint density at radius 3 is 1.77 bits per heavy atom. The van der Waals surface area contributed by atoms with Crippen LogP contribution in [-0.4, -0.2) is 18.0 Å². The van der Waals surface area contributed by atoms with Crippen LogP contribution in [0.4, 0.5) is 4.79 Å². The summed E-state index contributed by atoms with van der Waals surface area (Å²) in [6, 6.07) is 27.4. The average molecular weight is 404 g/mol. The molecule has 0 aromatic heterocycles. The second-order valence-electron chi connectivity index (χ2n) is 6.69. The molecule has 6 nitrogen and oxygen atoms in total. The number of carbonyl (C=O) groups is 2. The number of carbonyl (C=O) groups excluding carboxylic acids is 2. The number of hydrogen-bond donors (Lipinski definition) is 2. The molecule has 154 valence electrons. The summed E-state index contributed by atoms with van der Waals surface area (Å²) in [6.07, 6.45) is -0.361. The molecule has 0 bridgehead atoms. The van der Waals surface area contributed by atoms with Crippen LogP contribution in [0.5, 0.6) is 0 Å². The summed E-state index contributed by atoms with van der Waals surface area (Å²) < 4.78 is 5.25. The number of amides is 2. The maximum atomic E-state index is 12.6. The molecule has 0 aliphatic carbocycles. The number of alkyl carbamates (subject to hydrolysis) is 1. The molecule has 0 spiro atoms. The Bertz CT molecular complexity index is 918. The molecular formula is C24H24N2O4. The summed E-state index contributed by atoms with van der Waals surface area (Å²) in [6.45, 7) is 0.347. The lowest BCUT2D eigenvalue weighted by atomic mass is 10.1. The van der Waals surface area contributed by atoms with Crippen LogP contribution < -0.4 is 10.8 Å². The van der Waals surface area contributed by atoms with Gasteiger partial charge in [-0.25, -0.2) is 10.3 Å². The predicted molar refractivity (Wildman–Crippen MR) is 113 cm³/mol. The number of nitrogens with one attached hydrogen (secondary N) is 2. The van der Waals surface area contributed by atoms with E-state index in [1.807, 2.05) is 91.0 Å². The summed E-state index contributed by atoms with van der Waals surface area (Å²) in [4.78, 5) is 30.2. The summed E-state index contributed by atoms with van der Waals surface area (Å²) in [5.41, 5.74) is 5.12. The molecule has 0 heterocycles. The van der Waals surface area contributed by atoms with Gasteiger partial charge in [0, 0.05) is 6.42 Å². The summed E-state index contributed by atoms with van der Waals surface area (Å²) in [5.74, 6) is -0.452. The lowest BCUT2D eigenvalue weighted by molar-refractivity contribution is -0.136. The molecule has 0 saturated heterocycles. The van der Waals surface area contributed by atoms with E-state index in [1.165, 1.54) is 0 Å². The molecule has 3 aromatic rings. The van der Waals surface area contributed by atoms with E-state index in [2.05, 4.69) is 10.8 Å². The van der Waals surface area contributed by atoms with Crippen molar-refractivity contribution in [3.63, 3.8) is 0 Å². The number of benzene rings is 3. The van der Waals surface area contributed by atoms with Crippen molar-refractivity contribution in [2.75, 3.05) is 0 Å². The van der Waals surface area contributed by atoms with Crippen molar-refractivity contribution in [1.82, 2.24) is 10.8 Å². The Hall–Kier alpha value is -3.64. The number of ether oxygens (including phenoxy) is 1. The fourth-order valence-corrected chi connectivity index (χ4v) is 2.80. The van der Waals surface area contributed by atoms with E-state index in [-0.39, 0.29) is 13.2 Å². The molecule has 30 heavy (non-hydrogen) atoms. The first-order valence-corrected chi connectivity index (χ1v) is 9.67. The first-order valence-electron chi connectivity index (χ1n) is 9.67. The van der Waals surface area contributed by atoms with Crippen LogP contribution in [0.1, 0.15) is 16.7 Å². The molecule has 2 amide bonds. The first kappa shape index (κ1) is 21.1. The summed E-state index contributed by atoms with van der Waals surface area (Å²) in [7, 11) is 0. The molecule has 0 radical (unpaired) electrons. The lowest BCUT2D eigenvalue weighted by Gasteiger charge is -2.18. The largest absolute Gasteiger partial charge is 0.445 e. The van der Waals surface area contributed by atoms with E-state index in [0.29, 0.717) is 6.42 Å². The zero-order valence-corrected chi connectivity index (χ0v) is 16.5. The lowest BCUT2D eigenvalue weighted by Crippen LogP contribution is -2.48. The van der Waals surface area contributed by atoms with Gasteiger partial charge in [0.05, 0.1) is 6.61 Å². The van der Waals surface area contributed by atoms with Crippen LogP contribution in [0, 0.1) is 0 Å². The van der Waals surface area contributed by atoms with E-state index in [0.717, 1.165) is 16.7 Å². The van der Waals surface area contributed by atoms with E-state index in [4.69, 9.17) is 9.57 Å². The van der Waals surface area contributed by atoms with Crippen LogP contribution in [0.25, 0.3) is 0 Å². The SMILES string of the molecule is O=C(N[C@@H](Cc1ccccc1)C(=O)NOCc1ccccc1)OCc1ccccc1. The van der Waals surface area contributed by atoms with Gasteiger partial charge in [-0.05, 0) is 16.7 Å². The van der Waals surface area contributed by atoms with Crippen molar-refractivity contribution in [3.05, 3.63) is 108 Å². The number of hydroxylamine groups is 1. The second kappa shape index (κ2) is 11.4. The van der Waals surface area contributed by atoms with Gasteiger partial charge in [-0.2, -0.15) is 0 Å². The maximum absolute atomic E-state index is 12.6. The van der Waals surface area contributed by atoms with E-state index < -0.39 is 18.0 Å². The normalized spacial score (nSPS) is 11.3. The highest BCUT2D eigenvalue weighted by Gasteiger charge is 2.22. The molecule has 0 fully saturated rings. The Morgan fingerprint density at radius 1 is 0.700 bits per heavy atom. The third-order valence-corrected chi connectivity index (χ3v) is 4.36. The van der Waals surface area contributed by atoms with Gasteiger partial charge >= 0.3 is 6.09 Å². The minimum atomic E-state index is -0.841. The van der Waals surface area contributed by atoms with Crippen molar-refractivity contribution in [2.45, 2.75) is 25.7 Å². The fraction of sp³-hybridized carbons (Fsp3) is 0.167. The Kier molecular flexibility index (Phi) is 8.00. The van der Waals surface area contributed by atoms with E-state index in [9.17, 15) is 9.59 Å². The monoisotopic (exact) mass is 404 g/mol. The minimum absolute atomic E-state index is 0.122. The first-order chi connectivity index (χ1) is 14.7. The number of rotatable bonds is 9. The van der Waals surface area contributed by atoms with Gasteiger partial charge in [-0.15, -0.1) is 0 Å². The highest BCUT2D eigenvalue weighted by atomic mass is 16.7. The van der Waals surface area contributed by atoms with Gasteiger partial charge in [0.2, 0.25) is 0 Å². The Morgan fingerprint density at radius 2 is 1.20 bits per heavy atom. The number of hydrogen-bond acceptors (Lipinski definition) is 4. The highest BCUT2D eigenvalue weighted by molar-refractivity contribution is 5.85. The quantitative estimate of drug-likeness (QED) is 0.532. The fourth-order valence-electron chi connectivity index (χ4n) is 2.80. The van der Waals surface area contributed by atoms with Crippen LogP contribution in [-0.2, 0) is 34.0 Å². The van der Waals surface area contributed by atoms with Crippen LogP contribution in [0.2, 0.25) is 0 Å². The van der Waals surface area contributed by atoms with Crippen molar-refractivity contribution in [1.29, 1.82) is 0 Å². The van der Waals surface area contributed by atoms with Crippen molar-refractivity contribution >= 4 is 12.0 Å². The third kappa shape index (κ3) is 7.07. The Balaban J connectivity index is 1.56. The highest BCUT2D eigenvalue weighted by Crippen LogP contribution is 2.06. The van der Waals surface area contributed by atoms with Gasteiger partial charge in [-0.3, -0.25) is 9.63 Å². The summed E-state index contributed by atoms with van der Waals surface area (Å²) >= 11 is 0. The van der Waals surface area contributed by atoms with Gasteiger partial charge in [-0.1, -0.05) is 91.0 Å². The third-order valence-electron chi connectivity index (χ3n) is 4.36. The predicted octanol–water partition coefficient (Wildman–Crippen LogP) is 3.77. The zero-order valence-electron chi connectivity index (χ0n) is 16.5. The molecule has 0 aliphatic rings. The molecular weight excluding hydrogens is 380 g/mol. The second-order valence-corrected chi connectivity index (χ2v) is 6.69. The molecule has 0 aliphatic heterocycles.